The average molecular weight is 226 g/mol. The predicted molar refractivity (Wildman–Crippen MR) is 68.1 cm³/mol. The van der Waals surface area contributed by atoms with Crippen LogP contribution >= 0.6 is 11.3 Å². The van der Waals surface area contributed by atoms with E-state index in [4.69, 9.17) is 5.73 Å². The lowest BCUT2D eigenvalue weighted by Crippen LogP contribution is -2.38. The molecule has 1 atom stereocenters. The van der Waals surface area contributed by atoms with Gasteiger partial charge in [0.15, 0.2) is 0 Å². The summed E-state index contributed by atoms with van der Waals surface area (Å²) in [7, 11) is 2.17. The summed E-state index contributed by atoms with van der Waals surface area (Å²) < 4.78 is 0. The van der Waals surface area contributed by atoms with E-state index in [2.05, 4.69) is 42.6 Å². The number of hydrogen-bond donors (Lipinski definition) is 1. The third-order valence-corrected chi connectivity index (χ3v) is 3.76. The fraction of sp³-hybridized carbons (Fsp3) is 0.667. The SMILES string of the molecule is CCC(C)(CN)CN(C)Cc1ccsc1. The molecule has 1 heterocycles. The number of nitrogens with zero attached hydrogens (tertiary/aromatic N) is 1. The fourth-order valence-corrected chi connectivity index (χ4v) is 2.38. The molecular weight excluding hydrogens is 204 g/mol. The first-order valence-corrected chi connectivity index (χ1v) is 6.43. The van der Waals surface area contributed by atoms with Crippen molar-refractivity contribution >= 4 is 11.3 Å². The van der Waals surface area contributed by atoms with Crippen LogP contribution in [0.25, 0.3) is 0 Å². The molecule has 1 rings (SSSR count). The largest absolute Gasteiger partial charge is 0.330 e. The molecule has 1 unspecified atom stereocenters. The molecule has 0 radical (unpaired) electrons. The van der Waals surface area contributed by atoms with Gasteiger partial charge in [-0.25, -0.2) is 0 Å². The van der Waals surface area contributed by atoms with Crippen LogP contribution in [0.3, 0.4) is 0 Å². The zero-order valence-corrected chi connectivity index (χ0v) is 10.8. The van der Waals surface area contributed by atoms with E-state index in [1.54, 1.807) is 11.3 Å². The molecule has 1 aromatic rings. The second kappa shape index (κ2) is 5.64. The van der Waals surface area contributed by atoms with Crippen LogP contribution in [0.5, 0.6) is 0 Å². The lowest BCUT2D eigenvalue weighted by molar-refractivity contribution is 0.187. The molecule has 0 amide bonds. The summed E-state index contributed by atoms with van der Waals surface area (Å²) in [5, 5.41) is 4.34. The number of nitrogens with two attached hydrogens (primary N) is 1. The molecule has 0 aliphatic rings. The molecule has 0 aliphatic heterocycles. The summed E-state index contributed by atoms with van der Waals surface area (Å²) in [6.45, 7) is 7.33. The minimum atomic E-state index is 0.255. The van der Waals surface area contributed by atoms with Gasteiger partial charge in [-0.1, -0.05) is 13.8 Å². The van der Waals surface area contributed by atoms with Crippen molar-refractivity contribution in [1.82, 2.24) is 4.90 Å². The predicted octanol–water partition coefficient (Wildman–Crippen LogP) is 2.55. The Balaban J connectivity index is 2.44. The zero-order chi connectivity index (χ0) is 11.3. The second-order valence-electron chi connectivity index (χ2n) is 4.67. The van der Waals surface area contributed by atoms with Crippen molar-refractivity contribution in [3.63, 3.8) is 0 Å². The Kier molecular flexibility index (Phi) is 4.77. The minimum Gasteiger partial charge on any atom is -0.330 e. The monoisotopic (exact) mass is 226 g/mol. The Bertz CT molecular complexity index is 265. The van der Waals surface area contributed by atoms with E-state index >= 15 is 0 Å². The molecule has 0 bridgehead atoms. The van der Waals surface area contributed by atoms with Gasteiger partial charge in [0, 0.05) is 13.1 Å². The van der Waals surface area contributed by atoms with Crippen molar-refractivity contribution in [1.29, 1.82) is 0 Å². The van der Waals surface area contributed by atoms with E-state index < -0.39 is 0 Å². The Hall–Kier alpha value is -0.380. The zero-order valence-electron chi connectivity index (χ0n) is 9.99. The van der Waals surface area contributed by atoms with Gasteiger partial charge in [-0.3, -0.25) is 0 Å². The van der Waals surface area contributed by atoms with Crippen LogP contribution in [0.2, 0.25) is 0 Å². The van der Waals surface area contributed by atoms with E-state index in [1.165, 1.54) is 5.56 Å². The van der Waals surface area contributed by atoms with E-state index in [0.717, 1.165) is 26.1 Å². The standard InChI is InChI=1S/C12H22N2S/c1-4-12(2,9-13)10-14(3)7-11-5-6-15-8-11/h5-6,8H,4,7,9-10,13H2,1-3H3. The lowest BCUT2D eigenvalue weighted by Gasteiger charge is -2.31. The smallest absolute Gasteiger partial charge is 0.0239 e. The molecule has 1 aromatic heterocycles. The molecule has 0 saturated heterocycles. The molecule has 2 N–H and O–H groups in total. The molecule has 0 fully saturated rings. The van der Waals surface area contributed by atoms with Crippen LogP contribution in [-0.2, 0) is 6.54 Å². The highest BCUT2D eigenvalue weighted by Gasteiger charge is 2.21. The maximum atomic E-state index is 5.81. The number of thiophene rings is 1. The molecule has 0 saturated carbocycles. The number of rotatable bonds is 6. The summed E-state index contributed by atoms with van der Waals surface area (Å²) in [6.07, 6.45) is 1.14. The quantitative estimate of drug-likeness (QED) is 0.808. The highest BCUT2D eigenvalue weighted by Crippen LogP contribution is 2.21. The topological polar surface area (TPSA) is 29.3 Å². The molecule has 2 nitrogen and oxygen atoms in total. The molecule has 15 heavy (non-hydrogen) atoms. The van der Waals surface area contributed by atoms with E-state index in [1.807, 2.05) is 0 Å². The molecule has 0 spiro atoms. The van der Waals surface area contributed by atoms with Gasteiger partial charge in [0.1, 0.15) is 0 Å². The van der Waals surface area contributed by atoms with Crippen molar-refractivity contribution in [3.05, 3.63) is 22.4 Å². The van der Waals surface area contributed by atoms with Gasteiger partial charge >= 0.3 is 0 Å². The first-order chi connectivity index (χ1) is 7.09. The summed E-state index contributed by atoms with van der Waals surface area (Å²) in [5.74, 6) is 0. The van der Waals surface area contributed by atoms with Crippen molar-refractivity contribution in [2.24, 2.45) is 11.1 Å². The highest BCUT2D eigenvalue weighted by atomic mass is 32.1. The summed E-state index contributed by atoms with van der Waals surface area (Å²) in [4.78, 5) is 2.36. The maximum absolute atomic E-state index is 5.81. The van der Waals surface area contributed by atoms with Crippen LogP contribution in [-0.4, -0.2) is 25.0 Å². The summed E-state index contributed by atoms with van der Waals surface area (Å²) in [5.41, 5.74) is 7.47. The lowest BCUT2D eigenvalue weighted by atomic mass is 9.87. The van der Waals surface area contributed by atoms with Crippen molar-refractivity contribution in [2.75, 3.05) is 20.1 Å². The first-order valence-electron chi connectivity index (χ1n) is 5.49. The van der Waals surface area contributed by atoms with Gasteiger partial charge in [-0.05, 0) is 47.8 Å². The van der Waals surface area contributed by atoms with Crippen LogP contribution < -0.4 is 5.73 Å². The third-order valence-electron chi connectivity index (χ3n) is 3.03. The van der Waals surface area contributed by atoms with Crippen molar-refractivity contribution in [2.45, 2.75) is 26.8 Å². The molecule has 0 aromatic carbocycles. The molecular formula is C12H22N2S. The van der Waals surface area contributed by atoms with E-state index in [9.17, 15) is 0 Å². The maximum Gasteiger partial charge on any atom is 0.0239 e. The summed E-state index contributed by atoms with van der Waals surface area (Å²) >= 11 is 1.76. The van der Waals surface area contributed by atoms with Crippen molar-refractivity contribution in [3.8, 4) is 0 Å². The highest BCUT2D eigenvalue weighted by molar-refractivity contribution is 7.07. The molecule has 3 heteroatoms. The van der Waals surface area contributed by atoms with E-state index in [-0.39, 0.29) is 5.41 Å². The van der Waals surface area contributed by atoms with Gasteiger partial charge in [0.25, 0.3) is 0 Å². The fourth-order valence-electron chi connectivity index (χ4n) is 1.72. The van der Waals surface area contributed by atoms with Gasteiger partial charge in [0.2, 0.25) is 0 Å². The molecule has 0 aliphatic carbocycles. The normalized spacial score (nSPS) is 15.5. The average Bonchev–Trinajstić information content (AvgIpc) is 2.70. The minimum absolute atomic E-state index is 0.255. The first kappa shape index (κ1) is 12.7. The van der Waals surface area contributed by atoms with E-state index in [0.29, 0.717) is 0 Å². The third kappa shape index (κ3) is 3.93. The Morgan fingerprint density at radius 2 is 2.27 bits per heavy atom. The Morgan fingerprint density at radius 3 is 2.73 bits per heavy atom. The van der Waals surface area contributed by atoms with Gasteiger partial charge in [0.05, 0.1) is 0 Å². The van der Waals surface area contributed by atoms with Crippen molar-refractivity contribution < 1.29 is 0 Å². The van der Waals surface area contributed by atoms with Crippen LogP contribution in [0.4, 0.5) is 0 Å². The van der Waals surface area contributed by atoms with Crippen LogP contribution in [0.1, 0.15) is 25.8 Å². The van der Waals surface area contributed by atoms with Crippen LogP contribution in [0, 0.1) is 5.41 Å². The Morgan fingerprint density at radius 1 is 1.53 bits per heavy atom. The second-order valence-corrected chi connectivity index (χ2v) is 5.45. The van der Waals surface area contributed by atoms with Crippen LogP contribution in [0.15, 0.2) is 16.8 Å². The van der Waals surface area contributed by atoms with Gasteiger partial charge in [-0.15, -0.1) is 0 Å². The Labute approximate surface area is 97.1 Å². The number of hydrogen-bond acceptors (Lipinski definition) is 3. The van der Waals surface area contributed by atoms with Gasteiger partial charge in [-0.2, -0.15) is 11.3 Å². The summed E-state index contributed by atoms with van der Waals surface area (Å²) in [6, 6.07) is 2.19. The molecule has 86 valence electrons. The van der Waals surface area contributed by atoms with Gasteiger partial charge < -0.3 is 10.6 Å².